The lowest BCUT2D eigenvalue weighted by molar-refractivity contribution is -0.387. The van der Waals surface area contributed by atoms with Gasteiger partial charge in [0.1, 0.15) is 5.69 Å². The highest BCUT2D eigenvalue weighted by Gasteiger charge is 2.46. The number of methoxy groups -OCH3 is 3. The Balaban J connectivity index is 0.000000245. The number of fused-ring (bicyclic) bond motifs is 3. The third-order valence-corrected chi connectivity index (χ3v) is 12.0. The van der Waals surface area contributed by atoms with E-state index in [1.807, 2.05) is 0 Å². The molecule has 9 rings (SSSR count). The number of nitro groups is 2. The number of nitrogens with two attached hydrogens (primary N) is 2. The van der Waals surface area contributed by atoms with E-state index < -0.39 is 58.1 Å². The Labute approximate surface area is 498 Å². The van der Waals surface area contributed by atoms with Gasteiger partial charge in [0.05, 0.1) is 59.2 Å². The van der Waals surface area contributed by atoms with Gasteiger partial charge in [0.2, 0.25) is 5.82 Å². The number of rotatable bonds is 15. The third kappa shape index (κ3) is 19.3. The summed E-state index contributed by atoms with van der Waals surface area (Å²) in [6, 6.07) is 26.1. The summed E-state index contributed by atoms with van der Waals surface area (Å²) in [7, 11) is 4.57. The standard InChI is InChI=1S/C16H12F2N2O6.C16H14F2N2O4.C8H7F2NO2.C8H6FNO4.C8H19N.CH4O/c1-24-15(21)9-5-6-11(12(7-9)20(22)23)19-8-10-3-2-4-13-14(10)26-16(17,18)25-13;1-22-15(21)9-5-6-12(11(19)7-9)20-8-10-3-2-4-13-14(10)24-16(17,18)23-13;9-8(10)12-6-3-1-2-5(4-11)7(6)13-8;1-14-8(11)5-2-3-6(9)7(4-5)10(12)13;1-6-9(7(2)3)8(4)5;1-2/h2-7,19H,8H2,1H3;2-7,20H,8,19H2,1H3;1-3H,4,11H2;2-4H,1H3;7-8H,6H2,1-5H3;2H,1H3. The minimum absolute atomic E-state index is 0.0141. The smallest absolute Gasteiger partial charge is 0.465 e. The average Bonchev–Trinajstić information content (AvgIpc) is 4.34. The van der Waals surface area contributed by atoms with Crippen LogP contribution in [-0.2, 0) is 33.8 Å². The van der Waals surface area contributed by atoms with E-state index in [1.54, 1.807) is 36.4 Å². The number of alkyl halides is 6. The van der Waals surface area contributed by atoms with Crippen molar-refractivity contribution in [2.75, 3.05) is 51.4 Å². The number of para-hydroxylation sites is 3. The first kappa shape index (κ1) is 70.6. The van der Waals surface area contributed by atoms with Crippen molar-refractivity contribution in [1.29, 1.82) is 0 Å². The quantitative estimate of drug-likeness (QED) is 0.0159. The van der Waals surface area contributed by atoms with Crippen molar-refractivity contribution in [2.45, 2.75) is 85.2 Å². The number of nitrogens with zero attached hydrogens (tertiary/aromatic N) is 3. The van der Waals surface area contributed by atoms with Gasteiger partial charge >= 0.3 is 42.5 Å². The van der Waals surface area contributed by atoms with Crippen LogP contribution < -0.4 is 50.5 Å². The number of nitro benzene ring substituents is 2. The van der Waals surface area contributed by atoms with E-state index in [1.165, 1.54) is 55.6 Å². The van der Waals surface area contributed by atoms with Gasteiger partial charge in [-0.25, -0.2) is 14.4 Å². The van der Waals surface area contributed by atoms with E-state index >= 15 is 0 Å². The van der Waals surface area contributed by atoms with Gasteiger partial charge in [-0.05, 0) is 94.9 Å². The van der Waals surface area contributed by atoms with Crippen LogP contribution in [0.15, 0.2) is 109 Å². The monoisotopic (exact) mass is 1250 g/mol. The molecule has 0 radical (unpaired) electrons. The fourth-order valence-corrected chi connectivity index (χ4v) is 8.17. The van der Waals surface area contributed by atoms with Gasteiger partial charge < -0.3 is 69.8 Å². The molecule has 0 bridgehead atoms. The van der Waals surface area contributed by atoms with Crippen LogP contribution in [0, 0.1) is 26.0 Å². The number of esters is 3. The molecule has 476 valence electrons. The molecule has 6 aromatic carbocycles. The highest BCUT2D eigenvalue weighted by Crippen LogP contribution is 2.46. The molecule has 0 atom stereocenters. The van der Waals surface area contributed by atoms with E-state index in [2.05, 4.69) is 92.8 Å². The zero-order valence-corrected chi connectivity index (χ0v) is 48.5. The molecule has 0 saturated carbocycles. The summed E-state index contributed by atoms with van der Waals surface area (Å²) in [6.07, 6.45) is -11.0. The van der Waals surface area contributed by atoms with E-state index in [-0.39, 0.29) is 76.6 Å². The molecule has 3 aliphatic heterocycles. The number of ether oxygens (including phenoxy) is 9. The van der Waals surface area contributed by atoms with Gasteiger partial charge in [0.25, 0.3) is 5.69 Å². The van der Waals surface area contributed by atoms with Crippen molar-refractivity contribution in [3.63, 3.8) is 0 Å². The zero-order valence-electron chi connectivity index (χ0n) is 48.5. The highest BCUT2D eigenvalue weighted by molar-refractivity contribution is 5.92. The Kier molecular flexibility index (Phi) is 25.3. The predicted octanol–water partition coefficient (Wildman–Crippen LogP) is 11.0. The topological polar surface area (TPSA) is 320 Å². The molecule has 0 unspecified atom stereocenters. The molecule has 31 heteroatoms. The van der Waals surface area contributed by atoms with Gasteiger partial charge in [0, 0.05) is 67.7 Å². The summed E-state index contributed by atoms with van der Waals surface area (Å²) in [6.45, 7) is 12.6. The van der Waals surface area contributed by atoms with Crippen LogP contribution in [0.3, 0.4) is 0 Å². The van der Waals surface area contributed by atoms with Crippen molar-refractivity contribution < 1.29 is 103 Å². The SMILES string of the molecule is CCN(C(C)C)C(C)C.CO.COC(=O)c1ccc(F)c([N+](=O)[O-])c1.COC(=O)c1ccc(NCc2cccc3c2OC(F)(F)O3)c(N)c1.COC(=O)c1ccc(NCc2cccc3c2OC(F)(F)O3)c([N+](=O)[O-])c1.NCc1cccc2c1OC(F)(F)O2. The number of hydrogen-bond acceptors (Lipinski definition) is 22. The van der Waals surface area contributed by atoms with Crippen LogP contribution in [0.4, 0.5) is 59.2 Å². The number of carbonyl (C=O) groups excluding carboxylic acids is 3. The fraction of sp³-hybridized carbons (Fsp3) is 0.316. The molecule has 7 N–H and O–H groups in total. The minimum Gasteiger partial charge on any atom is -0.465 e. The first-order chi connectivity index (χ1) is 41.5. The number of nitrogens with one attached hydrogen (secondary N) is 2. The van der Waals surface area contributed by atoms with E-state index in [9.17, 15) is 65.3 Å². The molecule has 3 aliphatic rings. The summed E-state index contributed by atoms with van der Waals surface area (Å²) < 4.78 is 130. The molecule has 0 amide bonds. The zero-order chi connectivity index (χ0) is 65.8. The molecule has 6 aromatic rings. The van der Waals surface area contributed by atoms with Crippen molar-refractivity contribution in [3.05, 3.63) is 169 Å². The van der Waals surface area contributed by atoms with E-state index in [0.717, 1.165) is 52.1 Å². The number of halogens is 7. The van der Waals surface area contributed by atoms with Gasteiger partial charge in [-0.1, -0.05) is 43.3 Å². The molecule has 24 nitrogen and oxygen atoms in total. The Morgan fingerprint density at radius 3 is 1.27 bits per heavy atom. The Bertz CT molecular complexity index is 3410. The van der Waals surface area contributed by atoms with E-state index in [0.29, 0.717) is 45.7 Å². The normalized spacial score (nSPS) is 13.4. The lowest BCUT2D eigenvalue weighted by Gasteiger charge is -2.28. The molecule has 3 heterocycles. The van der Waals surface area contributed by atoms with Crippen LogP contribution >= 0.6 is 0 Å². The maximum absolute atomic E-state index is 13.2. The average molecular weight is 1250 g/mol. The van der Waals surface area contributed by atoms with Gasteiger partial charge in [-0.3, -0.25) is 25.1 Å². The molecule has 0 aliphatic carbocycles. The summed E-state index contributed by atoms with van der Waals surface area (Å²) >= 11 is 0. The van der Waals surface area contributed by atoms with Crippen molar-refractivity contribution >= 4 is 46.3 Å². The largest absolute Gasteiger partial charge is 0.586 e. The van der Waals surface area contributed by atoms with Gasteiger partial charge in [-0.2, -0.15) is 4.39 Å². The Hall–Kier alpha value is -9.88. The maximum Gasteiger partial charge on any atom is 0.586 e. The molecular weight excluding hydrogens is 1190 g/mol. The highest BCUT2D eigenvalue weighted by atomic mass is 19.3. The first-order valence-corrected chi connectivity index (χ1v) is 25.9. The number of aliphatic hydroxyl groups is 1. The Morgan fingerprint density at radius 1 is 0.568 bits per heavy atom. The molecule has 88 heavy (non-hydrogen) atoms. The van der Waals surface area contributed by atoms with Gasteiger partial charge in [0.15, 0.2) is 34.5 Å². The lowest BCUT2D eigenvalue weighted by Crippen LogP contribution is -2.36. The number of anilines is 3. The number of hydrogen-bond donors (Lipinski definition) is 5. The molecule has 0 fully saturated rings. The summed E-state index contributed by atoms with van der Waals surface area (Å²) in [5.74, 6) is -3.16. The van der Waals surface area contributed by atoms with Gasteiger partial charge in [-0.15, -0.1) is 26.3 Å². The Morgan fingerprint density at radius 2 is 0.920 bits per heavy atom. The summed E-state index contributed by atoms with van der Waals surface area (Å²) in [5.41, 5.74) is 12.7. The van der Waals surface area contributed by atoms with Crippen LogP contribution in [-0.4, -0.2) is 104 Å². The molecular formula is C57H62F7N7O17. The predicted molar refractivity (Wildman–Crippen MR) is 302 cm³/mol. The van der Waals surface area contributed by atoms with Crippen molar-refractivity contribution in [2.24, 2.45) is 5.73 Å². The van der Waals surface area contributed by atoms with Crippen molar-refractivity contribution in [1.82, 2.24) is 4.90 Å². The number of benzene rings is 6. The first-order valence-electron chi connectivity index (χ1n) is 25.9. The summed E-state index contributed by atoms with van der Waals surface area (Å²) in [5, 5.41) is 34.3. The van der Waals surface area contributed by atoms with Crippen LogP contribution in [0.2, 0.25) is 0 Å². The second kappa shape index (κ2) is 31.5. The third-order valence-electron chi connectivity index (χ3n) is 12.0. The fourth-order valence-electron chi connectivity index (χ4n) is 8.17. The molecule has 0 aromatic heterocycles. The lowest BCUT2D eigenvalue weighted by atomic mass is 10.1. The second-order valence-corrected chi connectivity index (χ2v) is 18.4. The molecule has 0 spiro atoms. The minimum atomic E-state index is -3.76. The van der Waals surface area contributed by atoms with Crippen LogP contribution in [0.1, 0.15) is 82.4 Å². The van der Waals surface area contributed by atoms with Crippen LogP contribution in [0.5, 0.6) is 34.5 Å². The molecule has 0 saturated heterocycles. The maximum atomic E-state index is 13.2. The summed E-state index contributed by atoms with van der Waals surface area (Å²) in [4.78, 5) is 56.3. The number of nitrogen functional groups attached to an aromatic ring is 1. The second-order valence-electron chi connectivity index (χ2n) is 18.4. The van der Waals surface area contributed by atoms with Crippen LogP contribution in [0.25, 0.3) is 0 Å². The van der Waals surface area contributed by atoms with E-state index in [4.69, 9.17) is 16.6 Å². The number of carbonyl (C=O) groups is 3. The van der Waals surface area contributed by atoms with Crippen molar-refractivity contribution in [3.8, 4) is 34.5 Å². The number of aliphatic hydroxyl groups excluding tert-OH is 1.